The second-order valence-electron chi connectivity index (χ2n) is 5.92. The number of phenols is 1. The van der Waals surface area contributed by atoms with Crippen molar-refractivity contribution in [3.8, 4) is 5.75 Å². The van der Waals surface area contributed by atoms with Gasteiger partial charge in [-0.3, -0.25) is 14.4 Å². The molecule has 3 unspecified atom stereocenters. The zero-order valence-corrected chi connectivity index (χ0v) is 14.8. The van der Waals surface area contributed by atoms with Gasteiger partial charge in [-0.1, -0.05) is 12.1 Å². The number of aliphatic carboxylic acids is 1. The predicted octanol–water partition coefficient (Wildman–Crippen LogP) is -0.467. The Hall–Kier alpha value is -3.10. The molecule has 3 atom stereocenters. The van der Waals surface area contributed by atoms with E-state index in [4.69, 9.17) is 0 Å². The lowest BCUT2D eigenvalue weighted by molar-refractivity contribution is -0.142. The lowest BCUT2D eigenvalue weighted by atomic mass is 10.1. The molecular formula is C17H23N3O6. The fourth-order valence-electron chi connectivity index (χ4n) is 2.14. The van der Waals surface area contributed by atoms with Crippen molar-refractivity contribution in [1.82, 2.24) is 16.0 Å². The van der Waals surface area contributed by atoms with Crippen molar-refractivity contribution in [3.05, 3.63) is 29.8 Å². The van der Waals surface area contributed by atoms with E-state index in [1.807, 2.05) is 0 Å². The third-order valence-corrected chi connectivity index (χ3v) is 3.56. The Labute approximate surface area is 150 Å². The zero-order valence-electron chi connectivity index (χ0n) is 14.8. The molecule has 9 nitrogen and oxygen atoms in total. The quantitative estimate of drug-likeness (QED) is 0.421. The van der Waals surface area contributed by atoms with Crippen LogP contribution in [0.15, 0.2) is 24.3 Å². The fourth-order valence-corrected chi connectivity index (χ4v) is 2.14. The number of rotatable bonds is 8. The molecule has 0 fully saturated rings. The molecule has 1 rings (SSSR count). The summed E-state index contributed by atoms with van der Waals surface area (Å²) in [5, 5.41) is 25.7. The second-order valence-corrected chi connectivity index (χ2v) is 5.92. The maximum Gasteiger partial charge on any atom is 0.326 e. The summed E-state index contributed by atoms with van der Waals surface area (Å²) in [6.45, 7) is 4.14. The highest BCUT2D eigenvalue weighted by molar-refractivity contribution is 5.92. The van der Waals surface area contributed by atoms with Crippen LogP contribution in [-0.4, -0.2) is 52.0 Å². The maximum atomic E-state index is 12.2. The van der Waals surface area contributed by atoms with Crippen LogP contribution in [-0.2, 0) is 25.6 Å². The number of carboxylic acids is 1. The lowest BCUT2D eigenvalue weighted by Gasteiger charge is -2.20. The van der Waals surface area contributed by atoms with Gasteiger partial charge in [-0.15, -0.1) is 0 Å². The Balaban J connectivity index is 2.65. The summed E-state index contributed by atoms with van der Waals surface area (Å²) in [5.41, 5.74) is 0.617. The molecule has 0 saturated carbocycles. The first kappa shape index (κ1) is 20.9. The van der Waals surface area contributed by atoms with E-state index < -0.39 is 35.9 Å². The van der Waals surface area contributed by atoms with Gasteiger partial charge in [-0.25, -0.2) is 4.79 Å². The van der Waals surface area contributed by atoms with E-state index in [1.54, 1.807) is 12.1 Å². The molecule has 0 aliphatic rings. The molecule has 1 aromatic carbocycles. The van der Waals surface area contributed by atoms with Gasteiger partial charge in [0.1, 0.15) is 23.9 Å². The van der Waals surface area contributed by atoms with Gasteiger partial charge in [0.2, 0.25) is 17.7 Å². The first-order valence-electron chi connectivity index (χ1n) is 7.98. The van der Waals surface area contributed by atoms with Crippen LogP contribution >= 0.6 is 0 Å². The maximum absolute atomic E-state index is 12.2. The average molecular weight is 365 g/mol. The number of hydrogen-bond acceptors (Lipinski definition) is 5. The van der Waals surface area contributed by atoms with Gasteiger partial charge in [-0.05, 0) is 31.5 Å². The number of carbonyl (C=O) groups excluding carboxylic acids is 3. The van der Waals surface area contributed by atoms with Crippen LogP contribution in [0.25, 0.3) is 0 Å². The Kier molecular flexibility index (Phi) is 7.57. The Bertz CT molecular complexity index is 674. The SMILES string of the molecule is CC(=O)NC(C)C(=O)NC(C)C(=O)NC(Cc1ccc(O)cc1)C(=O)O. The predicted molar refractivity (Wildman–Crippen MR) is 92.3 cm³/mol. The smallest absolute Gasteiger partial charge is 0.326 e. The summed E-state index contributed by atoms with van der Waals surface area (Å²) in [6.07, 6.45) is 0.0182. The number of benzene rings is 1. The van der Waals surface area contributed by atoms with Crippen molar-refractivity contribution in [2.45, 2.75) is 45.3 Å². The van der Waals surface area contributed by atoms with Crippen LogP contribution in [0.5, 0.6) is 5.75 Å². The monoisotopic (exact) mass is 365 g/mol. The van der Waals surface area contributed by atoms with Crippen molar-refractivity contribution in [2.24, 2.45) is 0 Å². The molecule has 0 bridgehead atoms. The molecule has 3 amide bonds. The molecule has 0 aliphatic heterocycles. The summed E-state index contributed by atoms with van der Waals surface area (Å²) in [6, 6.07) is 2.94. The highest BCUT2D eigenvalue weighted by Gasteiger charge is 2.25. The van der Waals surface area contributed by atoms with Gasteiger partial charge < -0.3 is 26.2 Å². The Morgan fingerprint density at radius 1 is 0.923 bits per heavy atom. The minimum absolute atomic E-state index is 0.0182. The van der Waals surface area contributed by atoms with E-state index in [9.17, 15) is 29.4 Å². The van der Waals surface area contributed by atoms with E-state index in [0.717, 1.165) is 0 Å². The molecule has 0 aliphatic carbocycles. The van der Waals surface area contributed by atoms with Gasteiger partial charge in [0, 0.05) is 13.3 Å². The molecule has 26 heavy (non-hydrogen) atoms. The fraction of sp³-hybridized carbons (Fsp3) is 0.412. The van der Waals surface area contributed by atoms with Crippen molar-refractivity contribution >= 4 is 23.7 Å². The molecule has 9 heteroatoms. The average Bonchev–Trinajstić information content (AvgIpc) is 2.55. The van der Waals surface area contributed by atoms with Crippen LogP contribution in [0, 0.1) is 0 Å². The summed E-state index contributed by atoms with van der Waals surface area (Å²) < 4.78 is 0. The molecule has 0 heterocycles. The highest BCUT2D eigenvalue weighted by atomic mass is 16.4. The summed E-state index contributed by atoms with van der Waals surface area (Å²) in [7, 11) is 0. The van der Waals surface area contributed by atoms with Crippen LogP contribution in [0.3, 0.4) is 0 Å². The topological polar surface area (TPSA) is 145 Å². The van der Waals surface area contributed by atoms with Crippen molar-refractivity contribution < 1.29 is 29.4 Å². The molecule has 0 radical (unpaired) electrons. The third-order valence-electron chi connectivity index (χ3n) is 3.56. The lowest BCUT2D eigenvalue weighted by Crippen LogP contribution is -2.54. The van der Waals surface area contributed by atoms with Gasteiger partial charge in [0.25, 0.3) is 0 Å². The second kappa shape index (κ2) is 9.40. The van der Waals surface area contributed by atoms with Crippen LogP contribution < -0.4 is 16.0 Å². The summed E-state index contributed by atoms with van der Waals surface area (Å²) >= 11 is 0. The molecule has 0 aromatic heterocycles. The number of phenolic OH excluding ortho intramolecular Hbond substituents is 1. The van der Waals surface area contributed by atoms with E-state index in [0.29, 0.717) is 5.56 Å². The van der Waals surface area contributed by atoms with Crippen molar-refractivity contribution in [1.29, 1.82) is 0 Å². The number of carbonyl (C=O) groups is 4. The number of hydrogen-bond donors (Lipinski definition) is 5. The summed E-state index contributed by atoms with van der Waals surface area (Å²) in [4.78, 5) is 46.4. The first-order chi connectivity index (χ1) is 12.1. The van der Waals surface area contributed by atoms with Gasteiger partial charge >= 0.3 is 5.97 Å². The largest absolute Gasteiger partial charge is 0.508 e. The normalized spacial score (nSPS) is 13.8. The molecule has 0 spiro atoms. The first-order valence-corrected chi connectivity index (χ1v) is 7.98. The molecule has 142 valence electrons. The zero-order chi connectivity index (χ0) is 19.9. The van der Waals surface area contributed by atoms with E-state index >= 15 is 0 Å². The third kappa shape index (κ3) is 6.80. The minimum atomic E-state index is -1.23. The van der Waals surface area contributed by atoms with Gasteiger partial charge in [-0.2, -0.15) is 0 Å². The van der Waals surface area contributed by atoms with Crippen molar-refractivity contribution in [2.75, 3.05) is 0 Å². The molecule has 5 N–H and O–H groups in total. The number of nitrogens with one attached hydrogen (secondary N) is 3. The number of aromatic hydroxyl groups is 1. The molecule has 1 aromatic rings. The number of carboxylic acid groups (broad SMARTS) is 1. The molecule has 0 saturated heterocycles. The Morgan fingerprint density at radius 2 is 1.42 bits per heavy atom. The van der Waals surface area contributed by atoms with Crippen molar-refractivity contribution in [3.63, 3.8) is 0 Å². The van der Waals surface area contributed by atoms with E-state index in [-0.39, 0.29) is 18.1 Å². The Morgan fingerprint density at radius 3 is 1.92 bits per heavy atom. The van der Waals surface area contributed by atoms with Crippen LogP contribution in [0.1, 0.15) is 26.3 Å². The molecular weight excluding hydrogens is 342 g/mol. The van der Waals surface area contributed by atoms with E-state index in [2.05, 4.69) is 16.0 Å². The highest BCUT2D eigenvalue weighted by Crippen LogP contribution is 2.11. The van der Waals surface area contributed by atoms with E-state index in [1.165, 1.54) is 32.9 Å². The minimum Gasteiger partial charge on any atom is -0.508 e. The van der Waals surface area contributed by atoms with Gasteiger partial charge in [0.15, 0.2) is 0 Å². The standard InChI is InChI=1S/C17H23N3O6/c1-9(18-11(3)21)15(23)19-10(2)16(24)20-14(17(25)26)8-12-4-6-13(22)7-5-12/h4-7,9-10,14,22H,8H2,1-3H3,(H,18,21)(H,19,23)(H,20,24)(H,25,26). The van der Waals surface area contributed by atoms with Crippen LogP contribution in [0.2, 0.25) is 0 Å². The summed E-state index contributed by atoms with van der Waals surface area (Å²) in [5.74, 6) is -2.79. The number of amides is 3. The van der Waals surface area contributed by atoms with Gasteiger partial charge in [0.05, 0.1) is 0 Å². The van der Waals surface area contributed by atoms with Crippen LogP contribution in [0.4, 0.5) is 0 Å².